The number of nitrogens with zero attached hydrogens (tertiary/aromatic N) is 4. The van der Waals surface area contributed by atoms with Crippen LogP contribution < -0.4 is 9.64 Å². The minimum absolute atomic E-state index is 0.0455. The molecule has 10 rings (SSSR count). The molecule has 310 valence electrons. The van der Waals surface area contributed by atoms with Crippen LogP contribution in [0.3, 0.4) is 0 Å². The van der Waals surface area contributed by atoms with Crippen molar-refractivity contribution < 1.29 is 4.74 Å². The smallest absolute Gasteiger partial charge is 0.129 e. The largest absolute Gasteiger partial charge is 0.497 e. The third-order valence-corrected chi connectivity index (χ3v) is 12.9. The highest BCUT2D eigenvalue weighted by Gasteiger charge is 2.23. The first kappa shape index (κ1) is 40.1. The van der Waals surface area contributed by atoms with Gasteiger partial charge in [-0.2, -0.15) is 8.75 Å². The van der Waals surface area contributed by atoms with Gasteiger partial charge in [0.25, 0.3) is 0 Å². The van der Waals surface area contributed by atoms with Crippen molar-refractivity contribution in [1.82, 2.24) is 13.3 Å². The van der Waals surface area contributed by atoms with Crippen molar-refractivity contribution in [2.75, 3.05) is 12.0 Å². The van der Waals surface area contributed by atoms with Crippen molar-refractivity contribution in [1.29, 1.82) is 0 Å². The summed E-state index contributed by atoms with van der Waals surface area (Å²) in [5, 5.41) is 2.57. The Balaban J connectivity index is 1.05. The summed E-state index contributed by atoms with van der Waals surface area (Å²) in [6.45, 7) is 13.7. The van der Waals surface area contributed by atoms with Crippen LogP contribution in [-0.2, 0) is 10.8 Å². The van der Waals surface area contributed by atoms with Gasteiger partial charge < -0.3 is 14.2 Å². The topological polar surface area (TPSA) is 43.2 Å². The molecule has 0 aliphatic rings. The van der Waals surface area contributed by atoms with Gasteiger partial charge >= 0.3 is 0 Å². The van der Waals surface area contributed by atoms with Gasteiger partial charge in [0.15, 0.2) is 0 Å². The second-order valence-electron chi connectivity index (χ2n) is 18.5. The zero-order chi connectivity index (χ0) is 43.5. The fourth-order valence-electron chi connectivity index (χ4n) is 8.74. The van der Waals surface area contributed by atoms with Gasteiger partial charge in [0.1, 0.15) is 16.8 Å². The molecule has 0 unspecified atom stereocenters. The van der Waals surface area contributed by atoms with E-state index in [0.717, 1.165) is 61.8 Å². The number of ether oxygens (including phenoxy) is 1. The normalized spacial score (nSPS) is 12.0. The molecule has 5 nitrogen and oxygen atoms in total. The molecule has 0 atom stereocenters. The molecule has 0 bridgehead atoms. The molecule has 0 aliphatic carbocycles. The Morgan fingerprint density at radius 2 is 0.952 bits per heavy atom. The number of methoxy groups -OCH3 is 1. The third kappa shape index (κ3) is 7.44. The molecule has 0 radical (unpaired) electrons. The number of anilines is 3. The molecule has 6 heteroatoms. The number of rotatable bonds is 8. The van der Waals surface area contributed by atoms with Gasteiger partial charge in [0.2, 0.25) is 0 Å². The average Bonchev–Trinajstić information content (AvgIpc) is 3.93. The van der Waals surface area contributed by atoms with E-state index in [1.807, 2.05) is 12.1 Å². The van der Waals surface area contributed by atoms with E-state index in [9.17, 15) is 0 Å². The second-order valence-corrected chi connectivity index (χ2v) is 19.0. The minimum Gasteiger partial charge on any atom is -0.497 e. The van der Waals surface area contributed by atoms with Crippen LogP contribution in [-0.4, -0.2) is 20.4 Å². The maximum absolute atomic E-state index is 5.41. The van der Waals surface area contributed by atoms with Crippen LogP contribution in [0.1, 0.15) is 52.7 Å². The molecule has 0 aliphatic heterocycles. The molecule has 10 aromatic rings. The summed E-state index contributed by atoms with van der Waals surface area (Å²) >= 11 is 1.25. The first-order chi connectivity index (χ1) is 30.4. The molecule has 2 aromatic heterocycles. The van der Waals surface area contributed by atoms with E-state index in [1.54, 1.807) is 7.11 Å². The lowest BCUT2D eigenvalue weighted by Crippen LogP contribution is -2.10. The highest BCUT2D eigenvalue weighted by Crippen LogP contribution is 2.43. The van der Waals surface area contributed by atoms with E-state index in [2.05, 4.69) is 215 Å². The monoisotopic (exact) mass is 838 g/mol. The molecule has 0 N–H and O–H groups in total. The van der Waals surface area contributed by atoms with Crippen molar-refractivity contribution in [3.63, 3.8) is 0 Å². The summed E-state index contributed by atoms with van der Waals surface area (Å²) in [5.41, 5.74) is 17.8. The van der Waals surface area contributed by atoms with Crippen molar-refractivity contribution >= 4 is 61.6 Å². The Bertz CT molecular complexity index is 3170. The molecule has 63 heavy (non-hydrogen) atoms. The lowest BCUT2D eigenvalue weighted by molar-refractivity contribution is 0.415. The number of hydrogen-bond acceptors (Lipinski definition) is 5. The van der Waals surface area contributed by atoms with Gasteiger partial charge in [-0.05, 0) is 135 Å². The van der Waals surface area contributed by atoms with Crippen molar-refractivity contribution in [2.45, 2.75) is 52.4 Å². The summed E-state index contributed by atoms with van der Waals surface area (Å²) in [7, 11) is 1.69. The van der Waals surface area contributed by atoms with Crippen molar-refractivity contribution in [3.05, 3.63) is 187 Å². The van der Waals surface area contributed by atoms with Crippen LogP contribution in [0, 0.1) is 0 Å². The van der Waals surface area contributed by atoms with E-state index >= 15 is 0 Å². The summed E-state index contributed by atoms with van der Waals surface area (Å²) < 4.78 is 17.7. The Kier molecular flexibility index (Phi) is 9.99. The number of benzene rings is 8. The lowest BCUT2D eigenvalue weighted by Gasteiger charge is -2.26. The third-order valence-electron chi connectivity index (χ3n) is 12.4. The molecular formula is C57H50N4OS. The predicted molar refractivity (Wildman–Crippen MR) is 267 cm³/mol. The van der Waals surface area contributed by atoms with Crippen LogP contribution in [0.25, 0.3) is 71.9 Å². The number of fused-ring (bicyclic) bond motifs is 4. The molecule has 2 heterocycles. The highest BCUT2D eigenvalue weighted by atomic mass is 32.1. The molecule has 8 aromatic carbocycles. The Hall–Kier alpha value is -7.02. The molecule has 0 saturated carbocycles. The van der Waals surface area contributed by atoms with Gasteiger partial charge in [-0.3, -0.25) is 0 Å². The van der Waals surface area contributed by atoms with Gasteiger partial charge in [-0.25, -0.2) is 0 Å². The Morgan fingerprint density at radius 1 is 0.476 bits per heavy atom. The molecular weight excluding hydrogens is 789 g/mol. The van der Waals surface area contributed by atoms with Crippen LogP contribution in [0.4, 0.5) is 17.1 Å². The standard InChI is InChI=1S/C57H50N4OS/c1-56(2,3)42-21-32-51-49(35-42)50-36-43(57(4,5)6)22-33-52(50)61(51)46-27-17-41(18-28-46)48-31-34-53(55-54(48)58-63-59-55)60(44-23-13-38(14-24-44)37-11-9-8-10-12-37)45-25-15-39(16-26-45)40-19-29-47(62-7)30-20-40/h8-36H,1-7H3. The lowest BCUT2D eigenvalue weighted by atomic mass is 9.85. The van der Waals surface area contributed by atoms with Crippen LogP contribution in [0.5, 0.6) is 5.75 Å². The van der Waals surface area contributed by atoms with E-state index in [-0.39, 0.29) is 10.8 Å². The van der Waals surface area contributed by atoms with Gasteiger partial charge in [0, 0.05) is 33.4 Å². The van der Waals surface area contributed by atoms with E-state index < -0.39 is 0 Å². The summed E-state index contributed by atoms with van der Waals surface area (Å²) in [6.07, 6.45) is 0. The summed E-state index contributed by atoms with van der Waals surface area (Å²) in [6, 6.07) is 63.5. The summed E-state index contributed by atoms with van der Waals surface area (Å²) in [5.74, 6) is 0.841. The number of aromatic nitrogens is 3. The quantitative estimate of drug-likeness (QED) is 0.153. The maximum Gasteiger partial charge on any atom is 0.129 e. The Labute approximate surface area is 374 Å². The zero-order valence-electron chi connectivity index (χ0n) is 36.8. The maximum atomic E-state index is 5.41. The molecule has 0 fully saturated rings. The van der Waals surface area contributed by atoms with Gasteiger partial charge in [-0.15, -0.1) is 0 Å². The fraction of sp³-hybridized carbons (Fsp3) is 0.158. The molecule has 0 saturated heterocycles. The van der Waals surface area contributed by atoms with Crippen LogP contribution in [0.2, 0.25) is 0 Å². The predicted octanol–water partition coefficient (Wildman–Crippen LogP) is 15.9. The van der Waals surface area contributed by atoms with E-state index in [1.165, 1.54) is 55.8 Å². The van der Waals surface area contributed by atoms with Crippen molar-refractivity contribution in [3.8, 4) is 44.8 Å². The van der Waals surface area contributed by atoms with E-state index in [0.29, 0.717) is 0 Å². The average molecular weight is 839 g/mol. The van der Waals surface area contributed by atoms with Gasteiger partial charge in [-0.1, -0.05) is 133 Å². The highest BCUT2D eigenvalue weighted by molar-refractivity contribution is 7.00. The van der Waals surface area contributed by atoms with Crippen LogP contribution >= 0.6 is 11.7 Å². The molecule has 0 amide bonds. The van der Waals surface area contributed by atoms with E-state index in [4.69, 9.17) is 13.5 Å². The first-order valence-electron chi connectivity index (χ1n) is 21.6. The fourth-order valence-corrected chi connectivity index (χ4v) is 9.31. The van der Waals surface area contributed by atoms with Crippen LogP contribution in [0.15, 0.2) is 176 Å². The van der Waals surface area contributed by atoms with Gasteiger partial charge in [0.05, 0.1) is 35.6 Å². The minimum atomic E-state index is 0.0455. The number of hydrogen-bond donors (Lipinski definition) is 0. The Morgan fingerprint density at radius 3 is 1.46 bits per heavy atom. The first-order valence-corrected chi connectivity index (χ1v) is 22.3. The molecule has 0 spiro atoms. The SMILES string of the molecule is COc1ccc(-c2ccc(N(c3ccc(-c4ccccc4)cc3)c3ccc(-c4ccc(-n5c6ccc(C(C)(C)C)cc6c6cc(C(C)(C)C)ccc65)cc4)c4nsnc34)cc2)cc1. The zero-order valence-corrected chi connectivity index (χ0v) is 37.7. The second kappa shape index (κ2) is 15.7. The van der Waals surface area contributed by atoms with Crippen molar-refractivity contribution in [2.24, 2.45) is 0 Å². The summed E-state index contributed by atoms with van der Waals surface area (Å²) in [4.78, 5) is 2.29.